The second-order valence-electron chi connectivity index (χ2n) is 6.25. The summed E-state index contributed by atoms with van der Waals surface area (Å²) in [5.41, 5.74) is 1.62. The van der Waals surface area contributed by atoms with E-state index in [0.717, 1.165) is 28.9 Å². The third-order valence-electron chi connectivity index (χ3n) is 3.96. The zero-order valence-electron chi connectivity index (χ0n) is 15.0. The zero-order chi connectivity index (χ0) is 20.5. The van der Waals surface area contributed by atoms with Crippen LogP contribution in [0.5, 0.6) is 0 Å². The molecule has 0 bridgehead atoms. The molecule has 2 aromatic carbocycles. The number of nitrogens with one attached hydrogen (secondary N) is 2. The zero-order valence-corrected chi connectivity index (χ0v) is 15.8. The second kappa shape index (κ2) is 7.49. The Bertz CT molecular complexity index is 1200. The van der Waals surface area contributed by atoms with Crippen LogP contribution in [-0.4, -0.2) is 24.1 Å². The van der Waals surface area contributed by atoms with Crippen LogP contribution in [0.25, 0.3) is 10.8 Å². The van der Waals surface area contributed by atoms with E-state index in [1.54, 1.807) is 38.1 Å². The Morgan fingerprint density at radius 2 is 1.68 bits per heavy atom. The number of hydrogen-bond acceptors (Lipinski definition) is 5. The summed E-state index contributed by atoms with van der Waals surface area (Å²) in [4.78, 5) is 26.8. The second-order valence-corrected chi connectivity index (χ2v) is 7.93. The maximum atomic E-state index is 13.0. The van der Waals surface area contributed by atoms with Crippen LogP contribution in [0.15, 0.2) is 58.2 Å². The summed E-state index contributed by atoms with van der Waals surface area (Å²) >= 11 is 0. The van der Waals surface area contributed by atoms with Crippen LogP contribution in [0.3, 0.4) is 0 Å². The first kappa shape index (κ1) is 19.6. The van der Waals surface area contributed by atoms with Crippen molar-refractivity contribution >= 4 is 26.7 Å². The molecular formula is C18H17FN4O4S. The van der Waals surface area contributed by atoms with Crippen molar-refractivity contribution in [2.75, 3.05) is 0 Å². The van der Waals surface area contributed by atoms with Crippen molar-refractivity contribution in [1.82, 2.24) is 20.0 Å². The van der Waals surface area contributed by atoms with Crippen LogP contribution < -0.4 is 15.8 Å². The van der Waals surface area contributed by atoms with E-state index in [4.69, 9.17) is 0 Å². The van der Waals surface area contributed by atoms with Gasteiger partial charge in [0.25, 0.3) is 21.5 Å². The fourth-order valence-electron chi connectivity index (χ4n) is 2.57. The van der Waals surface area contributed by atoms with Gasteiger partial charge in [-0.05, 0) is 44.2 Å². The predicted octanol–water partition coefficient (Wildman–Crippen LogP) is 1.74. The molecule has 0 aliphatic heterocycles. The molecule has 2 N–H and O–H groups in total. The predicted molar refractivity (Wildman–Crippen MR) is 101 cm³/mol. The van der Waals surface area contributed by atoms with Crippen molar-refractivity contribution in [1.29, 1.82) is 0 Å². The number of fused-ring (bicyclic) bond motifs is 1. The van der Waals surface area contributed by atoms with Crippen molar-refractivity contribution in [2.24, 2.45) is 0 Å². The molecule has 146 valence electrons. The van der Waals surface area contributed by atoms with E-state index < -0.39 is 21.7 Å². The molecule has 0 saturated carbocycles. The van der Waals surface area contributed by atoms with E-state index >= 15 is 0 Å². The number of aromatic nitrogens is 2. The van der Waals surface area contributed by atoms with E-state index in [1.807, 2.05) is 4.83 Å². The van der Waals surface area contributed by atoms with Gasteiger partial charge in [-0.3, -0.25) is 15.0 Å². The molecule has 3 aromatic rings. The molecule has 28 heavy (non-hydrogen) atoms. The molecule has 0 radical (unpaired) electrons. The van der Waals surface area contributed by atoms with Gasteiger partial charge in [0.05, 0.1) is 16.3 Å². The number of halogens is 1. The van der Waals surface area contributed by atoms with Gasteiger partial charge in [0.15, 0.2) is 5.69 Å². The van der Waals surface area contributed by atoms with Crippen LogP contribution in [0.2, 0.25) is 0 Å². The van der Waals surface area contributed by atoms with Gasteiger partial charge in [0.2, 0.25) is 0 Å². The Morgan fingerprint density at radius 3 is 2.29 bits per heavy atom. The summed E-state index contributed by atoms with van der Waals surface area (Å²) in [6.45, 7) is 3.48. The highest BCUT2D eigenvalue weighted by Crippen LogP contribution is 2.15. The van der Waals surface area contributed by atoms with Gasteiger partial charge in [0.1, 0.15) is 5.82 Å². The summed E-state index contributed by atoms with van der Waals surface area (Å²) in [7, 11) is -4.11. The molecular weight excluding hydrogens is 387 g/mol. The lowest BCUT2D eigenvalue weighted by Gasteiger charge is -2.14. The Balaban J connectivity index is 1.95. The van der Waals surface area contributed by atoms with Crippen molar-refractivity contribution in [3.05, 3.63) is 70.4 Å². The Morgan fingerprint density at radius 1 is 1.07 bits per heavy atom. The number of rotatable bonds is 5. The minimum atomic E-state index is -4.11. The molecule has 1 aromatic heterocycles. The third-order valence-corrected chi connectivity index (χ3v) is 5.22. The maximum absolute atomic E-state index is 13.0. The quantitative estimate of drug-likeness (QED) is 0.630. The number of amides is 1. The number of hydrazine groups is 1. The molecule has 0 spiro atoms. The number of hydrogen-bond donors (Lipinski definition) is 2. The van der Waals surface area contributed by atoms with Crippen molar-refractivity contribution < 1.29 is 17.6 Å². The topological polar surface area (TPSA) is 110 Å². The molecule has 3 rings (SSSR count). The molecule has 0 saturated heterocycles. The van der Waals surface area contributed by atoms with E-state index in [0.29, 0.717) is 5.39 Å². The van der Waals surface area contributed by atoms with Gasteiger partial charge in [-0.25, -0.2) is 17.5 Å². The molecule has 0 fully saturated rings. The van der Waals surface area contributed by atoms with Crippen LogP contribution in [0.1, 0.15) is 30.4 Å². The van der Waals surface area contributed by atoms with Gasteiger partial charge >= 0.3 is 0 Å². The Kier molecular flexibility index (Phi) is 5.25. The summed E-state index contributed by atoms with van der Waals surface area (Å²) in [6.07, 6.45) is 0. The number of carbonyl (C=O) groups is 1. The Hall–Kier alpha value is -3.11. The summed E-state index contributed by atoms with van der Waals surface area (Å²) in [5.74, 6) is -1.43. The Labute approximate surface area is 160 Å². The molecule has 0 aliphatic rings. The minimum absolute atomic E-state index is 0.106. The van der Waals surface area contributed by atoms with Gasteiger partial charge < -0.3 is 0 Å². The molecule has 1 amide bonds. The van der Waals surface area contributed by atoms with Gasteiger partial charge in [-0.2, -0.15) is 5.10 Å². The average Bonchev–Trinajstić information content (AvgIpc) is 2.67. The molecule has 10 heteroatoms. The number of nitrogens with zero attached hydrogens (tertiary/aromatic N) is 2. The maximum Gasteiger partial charge on any atom is 0.287 e. The highest BCUT2D eigenvalue weighted by atomic mass is 32.2. The van der Waals surface area contributed by atoms with E-state index in [1.165, 1.54) is 0 Å². The van der Waals surface area contributed by atoms with Crippen molar-refractivity contribution in [2.45, 2.75) is 24.8 Å². The van der Waals surface area contributed by atoms with Crippen molar-refractivity contribution in [3.63, 3.8) is 0 Å². The lowest BCUT2D eigenvalue weighted by atomic mass is 10.1. The van der Waals surface area contributed by atoms with Crippen molar-refractivity contribution in [3.8, 4) is 0 Å². The van der Waals surface area contributed by atoms with Gasteiger partial charge in [-0.15, -0.1) is 4.83 Å². The van der Waals surface area contributed by atoms with Gasteiger partial charge in [0, 0.05) is 5.39 Å². The highest BCUT2D eigenvalue weighted by molar-refractivity contribution is 7.89. The molecule has 0 atom stereocenters. The lowest BCUT2D eigenvalue weighted by Crippen LogP contribution is -2.42. The molecule has 0 unspecified atom stereocenters. The smallest absolute Gasteiger partial charge is 0.272 e. The SMILES string of the molecule is CC(C)n1nc(C(=O)NNS(=O)(=O)c2ccc(F)cc2)c2ccccc2c1=O. The molecule has 0 aliphatic carbocycles. The lowest BCUT2D eigenvalue weighted by molar-refractivity contribution is 0.0939. The van der Waals surface area contributed by atoms with E-state index in [2.05, 4.69) is 10.5 Å². The standard InChI is InChI=1S/C18H17FN4O4S/c1-11(2)23-18(25)15-6-4-3-5-14(15)16(21-23)17(24)20-22-28(26,27)13-9-7-12(19)8-10-13/h3-11,22H,1-2H3,(H,20,24). The van der Waals surface area contributed by atoms with E-state index in [-0.39, 0.29) is 27.6 Å². The van der Waals surface area contributed by atoms with E-state index in [9.17, 15) is 22.4 Å². The number of carbonyl (C=O) groups excluding carboxylic acids is 1. The fraction of sp³-hybridized carbons (Fsp3) is 0.167. The average molecular weight is 404 g/mol. The van der Waals surface area contributed by atoms with Crippen LogP contribution in [-0.2, 0) is 10.0 Å². The molecule has 1 heterocycles. The monoisotopic (exact) mass is 404 g/mol. The summed E-state index contributed by atoms with van der Waals surface area (Å²) < 4.78 is 38.6. The van der Waals surface area contributed by atoms with Crippen LogP contribution in [0.4, 0.5) is 4.39 Å². The minimum Gasteiger partial charge on any atom is -0.272 e. The van der Waals surface area contributed by atoms with Gasteiger partial charge in [-0.1, -0.05) is 18.2 Å². The van der Waals surface area contributed by atoms with Crippen LogP contribution >= 0.6 is 0 Å². The normalized spacial score (nSPS) is 11.7. The van der Waals surface area contributed by atoms with Crippen LogP contribution in [0, 0.1) is 5.82 Å². The third kappa shape index (κ3) is 3.78. The first-order valence-electron chi connectivity index (χ1n) is 8.30. The fourth-order valence-corrected chi connectivity index (χ4v) is 3.41. The first-order chi connectivity index (χ1) is 13.2. The summed E-state index contributed by atoms with van der Waals surface area (Å²) in [5, 5.41) is 4.68. The number of benzene rings is 2. The largest absolute Gasteiger partial charge is 0.287 e. The summed E-state index contributed by atoms with van der Waals surface area (Å²) in [6, 6.07) is 10.2. The first-order valence-corrected chi connectivity index (χ1v) is 9.78. The number of sulfonamides is 1. The molecule has 8 nitrogen and oxygen atoms in total. The highest BCUT2D eigenvalue weighted by Gasteiger charge is 2.20.